The van der Waals surface area contributed by atoms with Crippen molar-refractivity contribution in [2.75, 3.05) is 49.0 Å². The molecule has 13 heteroatoms. The number of carbonyl (C=O) groups excluding carboxylic acids is 2. The SMILES string of the molecule is COc1cc2c(cc1OC)C[N+](Cc1cn(-c3ccc(C(=O)N(C)C)cc3)nn1)(Cc1cn(-c3ccc(C(=O)N(C)C)cc3)nn1)CC2. The van der Waals surface area contributed by atoms with Crippen molar-refractivity contribution in [2.45, 2.75) is 26.1 Å². The minimum Gasteiger partial charge on any atom is -0.493 e. The van der Waals surface area contributed by atoms with E-state index >= 15 is 0 Å². The van der Waals surface area contributed by atoms with E-state index in [-0.39, 0.29) is 11.8 Å². The summed E-state index contributed by atoms with van der Waals surface area (Å²) in [4.78, 5) is 27.8. The highest BCUT2D eigenvalue weighted by Crippen LogP contribution is 2.37. The summed E-state index contributed by atoms with van der Waals surface area (Å²) in [6.07, 6.45) is 4.72. The van der Waals surface area contributed by atoms with Crippen LogP contribution >= 0.6 is 0 Å². The number of nitrogens with zero attached hydrogens (tertiary/aromatic N) is 9. The van der Waals surface area contributed by atoms with Gasteiger partial charge in [-0.25, -0.2) is 9.36 Å². The summed E-state index contributed by atoms with van der Waals surface area (Å²) in [6.45, 7) is 2.78. The second-order valence-electron chi connectivity index (χ2n) is 12.6. The highest BCUT2D eigenvalue weighted by atomic mass is 16.5. The van der Waals surface area contributed by atoms with Gasteiger partial charge < -0.3 is 23.8 Å². The third-order valence-electron chi connectivity index (χ3n) is 8.71. The lowest BCUT2D eigenvalue weighted by Gasteiger charge is -2.41. The first-order valence-corrected chi connectivity index (χ1v) is 15.6. The van der Waals surface area contributed by atoms with Crippen molar-refractivity contribution in [2.24, 2.45) is 0 Å². The van der Waals surface area contributed by atoms with E-state index in [1.807, 2.05) is 36.7 Å². The van der Waals surface area contributed by atoms with Gasteiger partial charge in [-0.3, -0.25) is 9.59 Å². The molecule has 5 aromatic rings. The lowest BCUT2D eigenvalue weighted by Crippen LogP contribution is -2.49. The van der Waals surface area contributed by atoms with Gasteiger partial charge in [-0.2, -0.15) is 0 Å². The zero-order valence-electron chi connectivity index (χ0n) is 28.1. The van der Waals surface area contributed by atoms with E-state index in [2.05, 4.69) is 32.8 Å². The van der Waals surface area contributed by atoms with Crippen LogP contribution in [0.3, 0.4) is 0 Å². The Morgan fingerprint density at radius 1 is 0.708 bits per heavy atom. The minimum atomic E-state index is -0.0553. The number of rotatable bonds is 10. The molecule has 0 aliphatic carbocycles. The molecule has 48 heavy (non-hydrogen) atoms. The van der Waals surface area contributed by atoms with Crippen LogP contribution in [0.4, 0.5) is 0 Å². The number of amides is 2. The Labute approximate surface area is 279 Å². The van der Waals surface area contributed by atoms with Crippen LogP contribution in [-0.2, 0) is 26.1 Å². The number of fused-ring (bicyclic) bond motifs is 1. The van der Waals surface area contributed by atoms with E-state index in [1.165, 1.54) is 11.1 Å². The molecule has 0 saturated carbocycles. The first kappa shape index (κ1) is 32.4. The maximum Gasteiger partial charge on any atom is 0.253 e. The van der Waals surface area contributed by atoms with Crippen molar-refractivity contribution in [1.82, 2.24) is 39.8 Å². The first-order valence-electron chi connectivity index (χ1n) is 15.6. The van der Waals surface area contributed by atoms with Crippen molar-refractivity contribution in [3.63, 3.8) is 0 Å². The van der Waals surface area contributed by atoms with E-state index in [9.17, 15) is 9.59 Å². The highest BCUT2D eigenvalue weighted by Gasteiger charge is 2.36. The lowest BCUT2D eigenvalue weighted by atomic mass is 9.96. The van der Waals surface area contributed by atoms with Gasteiger partial charge in [0, 0.05) is 51.3 Å². The number of quaternary nitrogens is 1. The van der Waals surface area contributed by atoms with Gasteiger partial charge in [0.1, 0.15) is 31.0 Å². The molecule has 0 unspecified atom stereocenters. The summed E-state index contributed by atoms with van der Waals surface area (Å²) >= 11 is 0. The molecule has 1 aliphatic heterocycles. The third-order valence-corrected chi connectivity index (χ3v) is 8.71. The fourth-order valence-electron chi connectivity index (χ4n) is 6.18. The number of ether oxygens (including phenoxy) is 2. The first-order chi connectivity index (χ1) is 23.1. The van der Waals surface area contributed by atoms with Gasteiger partial charge in [0.2, 0.25) is 0 Å². The fraction of sp³-hybridized carbons (Fsp3) is 0.314. The average Bonchev–Trinajstić information content (AvgIpc) is 3.76. The maximum absolute atomic E-state index is 12.4. The molecule has 2 amide bonds. The Kier molecular flexibility index (Phi) is 8.96. The fourth-order valence-corrected chi connectivity index (χ4v) is 6.18. The molecule has 0 atom stereocenters. The van der Waals surface area contributed by atoms with Gasteiger partial charge >= 0.3 is 0 Å². The molecule has 0 bridgehead atoms. The predicted molar refractivity (Wildman–Crippen MR) is 178 cm³/mol. The smallest absolute Gasteiger partial charge is 0.253 e. The highest BCUT2D eigenvalue weighted by molar-refractivity contribution is 5.94. The Morgan fingerprint density at radius 3 is 1.56 bits per heavy atom. The van der Waals surface area contributed by atoms with Gasteiger partial charge in [-0.05, 0) is 66.2 Å². The predicted octanol–water partition coefficient (Wildman–Crippen LogP) is 3.54. The Bertz CT molecular complexity index is 1820. The van der Waals surface area contributed by atoms with E-state index < -0.39 is 0 Å². The molecule has 0 radical (unpaired) electrons. The standard InChI is InChI=1S/C35H40N9O4/c1-40(2)34(45)24-7-11-30(12-8-24)42-19-28(36-38-42)22-44(16-15-26-17-32(47-5)33(48-6)18-27(26)21-44)23-29-20-43(39-37-29)31-13-9-25(10-14-31)35(46)41(3)4/h7-14,17-20H,15-16,21-23H2,1-6H3/q+1. The van der Waals surface area contributed by atoms with Crippen LogP contribution in [0, 0.1) is 0 Å². The molecule has 248 valence electrons. The van der Waals surface area contributed by atoms with Crippen LogP contribution in [0.2, 0.25) is 0 Å². The van der Waals surface area contributed by atoms with Crippen molar-refractivity contribution < 1.29 is 23.5 Å². The average molecular weight is 651 g/mol. The van der Waals surface area contributed by atoms with Crippen molar-refractivity contribution >= 4 is 11.8 Å². The molecule has 3 aromatic carbocycles. The van der Waals surface area contributed by atoms with Crippen LogP contribution in [0.5, 0.6) is 11.5 Å². The minimum absolute atomic E-state index is 0.0553. The Hall–Kier alpha value is -5.56. The van der Waals surface area contributed by atoms with Gasteiger partial charge in [-0.15, -0.1) is 10.2 Å². The second-order valence-corrected chi connectivity index (χ2v) is 12.6. The largest absolute Gasteiger partial charge is 0.493 e. The Balaban J connectivity index is 1.28. The second kappa shape index (κ2) is 13.3. The molecule has 0 fully saturated rings. The molecule has 2 aromatic heterocycles. The van der Waals surface area contributed by atoms with Crippen LogP contribution in [0.15, 0.2) is 73.1 Å². The van der Waals surface area contributed by atoms with Crippen molar-refractivity contribution in [1.29, 1.82) is 0 Å². The van der Waals surface area contributed by atoms with Crippen molar-refractivity contribution in [3.05, 3.63) is 107 Å². The summed E-state index contributed by atoms with van der Waals surface area (Å²) in [6, 6.07) is 18.8. The number of aromatic nitrogens is 6. The number of benzene rings is 3. The lowest BCUT2D eigenvalue weighted by molar-refractivity contribution is -0.968. The van der Waals surface area contributed by atoms with E-state index in [0.29, 0.717) is 34.4 Å². The van der Waals surface area contributed by atoms with Crippen LogP contribution in [-0.4, -0.2) is 105 Å². The molecule has 3 heterocycles. The molecule has 6 rings (SSSR count). The number of methoxy groups -OCH3 is 2. The third kappa shape index (κ3) is 6.63. The van der Waals surface area contributed by atoms with E-state index in [0.717, 1.165) is 48.0 Å². The summed E-state index contributed by atoms with van der Waals surface area (Å²) in [5.41, 5.74) is 6.93. The molecular formula is C35H40N9O4+. The quantitative estimate of drug-likeness (QED) is 0.211. The van der Waals surface area contributed by atoms with Crippen molar-refractivity contribution in [3.8, 4) is 22.9 Å². The molecule has 13 nitrogen and oxygen atoms in total. The zero-order valence-corrected chi connectivity index (χ0v) is 28.1. The van der Waals surface area contributed by atoms with Crippen LogP contribution in [0.25, 0.3) is 11.4 Å². The van der Waals surface area contributed by atoms with Gasteiger partial charge in [0.05, 0.1) is 44.5 Å². The summed E-state index contributed by atoms with van der Waals surface area (Å²) < 4.78 is 15.4. The van der Waals surface area contributed by atoms with Gasteiger partial charge in [0.25, 0.3) is 11.8 Å². The summed E-state index contributed by atoms with van der Waals surface area (Å²) in [5, 5.41) is 18.0. The monoisotopic (exact) mass is 650 g/mol. The molecule has 1 aliphatic rings. The normalized spacial score (nSPS) is 13.5. The molecule has 0 spiro atoms. The number of carbonyl (C=O) groups is 2. The summed E-state index contributed by atoms with van der Waals surface area (Å²) in [7, 11) is 10.2. The van der Waals surface area contributed by atoms with Gasteiger partial charge in [0.15, 0.2) is 11.5 Å². The summed E-state index contributed by atoms with van der Waals surface area (Å²) in [5.74, 6) is 1.31. The number of hydrogen-bond donors (Lipinski definition) is 0. The molecule has 0 saturated heterocycles. The maximum atomic E-state index is 12.4. The number of hydrogen-bond acceptors (Lipinski definition) is 8. The van der Waals surface area contributed by atoms with Crippen LogP contribution in [0.1, 0.15) is 43.2 Å². The van der Waals surface area contributed by atoms with Crippen LogP contribution < -0.4 is 9.47 Å². The zero-order chi connectivity index (χ0) is 34.0. The molecular weight excluding hydrogens is 610 g/mol. The molecule has 0 N–H and O–H groups in total. The van der Waals surface area contributed by atoms with Gasteiger partial charge in [-0.1, -0.05) is 10.4 Å². The van der Waals surface area contributed by atoms with E-state index in [1.54, 1.807) is 85.8 Å². The van der Waals surface area contributed by atoms with E-state index in [4.69, 9.17) is 9.47 Å². The Morgan fingerprint density at radius 2 is 1.15 bits per heavy atom. The topological polar surface area (TPSA) is 120 Å².